The normalized spacial score (nSPS) is 16.1. The van der Waals surface area contributed by atoms with E-state index in [1.807, 2.05) is 28.0 Å². The monoisotopic (exact) mass is 511 g/mol. The fourth-order valence-electron chi connectivity index (χ4n) is 5.30. The van der Waals surface area contributed by atoms with Crippen LogP contribution in [-0.4, -0.2) is 95.1 Å². The van der Waals surface area contributed by atoms with Gasteiger partial charge in [-0.15, -0.1) is 0 Å². The van der Waals surface area contributed by atoms with Gasteiger partial charge >= 0.3 is 6.03 Å². The number of urea groups is 1. The smallest absolute Gasteiger partial charge is 0.317 e. The molecule has 2 fully saturated rings. The summed E-state index contributed by atoms with van der Waals surface area (Å²) >= 11 is 0. The minimum Gasteiger partial charge on any atom is -0.354 e. The third-order valence-corrected chi connectivity index (χ3v) is 7.51. The van der Waals surface area contributed by atoms with Gasteiger partial charge in [0.15, 0.2) is 0 Å². The van der Waals surface area contributed by atoms with Crippen molar-refractivity contribution in [1.29, 1.82) is 0 Å². The number of carbonyl (C=O) groups is 2. The van der Waals surface area contributed by atoms with Crippen molar-refractivity contribution in [2.24, 2.45) is 0 Å². The molecule has 37 heavy (non-hydrogen) atoms. The Bertz CT molecular complexity index is 1020. The Kier molecular flexibility index (Phi) is 10.0. The minimum absolute atomic E-state index is 0.000212. The summed E-state index contributed by atoms with van der Waals surface area (Å²) in [6, 6.07) is 5.94. The van der Waals surface area contributed by atoms with Gasteiger partial charge in [0.05, 0.1) is 11.0 Å². The van der Waals surface area contributed by atoms with Crippen LogP contribution in [0.2, 0.25) is 0 Å². The quantitative estimate of drug-likeness (QED) is 0.378. The molecule has 2 aliphatic heterocycles. The highest BCUT2D eigenvalue weighted by Gasteiger charge is 2.21. The molecule has 0 radical (unpaired) electrons. The van der Waals surface area contributed by atoms with Crippen molar-refractivity contribution in [3.8, 4) is 0 Å². The standard InChI is InChI=1S/C28H45N7O2/c1-3-5-17-33(18-6-4-2)26(36)23-10-11-24-25(22-23)35(19-9-16-32-14-7-8-15-32)27(31-24)29-12-20-34-21-13-30-28(34)37/h10-11,22H,3-9,12-21H2,1-2H3,(H,29,31)(H,30,37). The van der Waals surface area contributed by atoms with E-state index in [4.69, 9.17) is 4.98 Å². The van der Waals surface area contributed by atoms with Crippen molar-refractivity contribution >= 4 is 28.9 Å². The van der Waals surface area contributed by atoms with E-state index in [9.17, 15) is 9.59 Å². The lowest BCUT2D eigenvalue weighted by molar-refractivity contribution is 0.0751. The molecule has 0 aliphatic carbocycles. The number of aryl methyl sites for hydroxylation is 1. The number of hydrogen-bond donors (Lipinski definition) is 2. The number of rotatable bonds is 15. The molecule has 0 spiro atoms. The summed E-state index contributed by atoms with van der Waals surface area (Å²) in [5, 5.41) is 6.33. The predicted octanol–water partition coefficient (Wildman–Crippen LogP) is 4.00. The molecule has 0 unspecified atom stereocenters. The van der Waals surface area contributed by atoms with Crippen molar-refractivity contribution in [3.05, 3.63) is 23.8 Å². The Morgan fingerprint density at radius 1 is 1.03 bits per heavy atom. The number of imidazole rings is 1. The number of hydrogen-bond acceptors (Lipinski definition) is 5. The van der Waals surface area contributed by atoms with Gasteiger partial charge in [0, 0.05) is 51.4 Å². The van der Waals surface area contributed by atoms with Crippen LogP contribution in [0.5, 0.6) is 0 Å². The first kappa shape index (κ1) is 27.2. The van der Waals surface area contributed by atoms with Gasteiger partial charge < -0.3 is 29.9 Å². The van der Waals surface area contributed by atoms with Crippen LogP contribution in [0.3, 0.4) is 0 Å². The second-order valence-electron chi connectivity index (χ2n) is 10.3. The molecule has 3 amide bonds. The van der Waals surface area contributed by atoms with Crippen molar-refractivity contribution < 1.29 is 9.59 Å². The number of likely N-dealkylation sites (tertiary alicyclic amines) is 1. The van der Waals surface area contributed by atoms with E-state index in [-0.39, 0.29) is 11.9 Å². The number of aromatic nitrogens is 2. The third-order valence-electron chi connectivity index (χ3n) is 7.51. The molecule has 2 aliphatic rings. The number of fused-ring (bicyclic) bond motifs is 1. The van der Waals surface area contributed by atoms with Crippen molar-refractivity contribution in [3.63, 3.8) is 0 Å². The highest BCUT2D eigenvalue weighted by Crippen LogP contribution is 2.23. The Hall–Kier alpha value is -2.81. The summed E-state index contributed by atoms with van der Waals surface area (Å²) in [7, 11) is 0. The molecule has 2 saturated heterocycles. The summed E-state index contributed by atoms with van der Waals surface area (Å²) in [6.07, 6.45) is 7.82. The third kappa shape index (κ3) is 7.15. The van der Waals surface area contributed by atoms with Crippen molar-refractivity contribution in [2.45, 2.75) is 65.3 Å². The number of amides is 3. The molecule has 2 aromatic rings. The van der Waals surface area contributed by atoms with Crippen molar-refractivity contribution in [1.82, 2.24) is 29.6 Å². The SMILES string of the molecule is CCCCN(CCCC)C(=O)c1ccc2nc(NCCN3CCNC3=O)n(CCCN3CCCC3)c2c1. The molecule has 0 bridgehead atoms. The molecule has 2 N–H and O–H groups in total. The van der Waals surface area contributed by atoms with Crippen LogP contribution >= 0.6 is 0 Å². The molecular weight excluding hydrogens is 466 g/mol. The van der Waals surface area contributed by atoms with Crippen LogP contribution in [0, 0.1) is 0 Å². The number of carbonyl (C=O) groups excluding carboxylic acids is 2. The number of nitrogens with zero attached hydrogens (tertiary/aromatic N) is 5. The fourth-order valence-corrected chi connectivity index (χ4v) is 5.30. The summed E-state index contributed by atoms with van der Waals surface area (Å²) < 4.78 is 2.23. The zero-order valence-electron chi connectivity index (χ0n) is 22.8. The van der Waals surface area contributed by atoms with E-state index < -0.39 is 0 Å². The number of benzene rings is 1. The lowest BCUT2D eigenvalue weighted by Gasteiger charge is -2.22. The maximum Gasteiger partial charge on any atom is 0.317 e. The zero-order valence-corrected chi connectivity index (χ0v) is 22.8. The lowest BCUT2D eigenvalue weighted by atomic mass is 10.1. The minimum atomic E-state index is -0.000212. The van der Waals surface area contributed by atoms with E-state index in [2.05, 4.69) is 33.9 Å². The van der Waals surface area contributed by atoms with E-state index in [0.717, 1.165) is 87.4 Å². The van der Waals surface area contributed by atoms with Gasteiger partial charge in [0.25, 0.3) is 5.91 Å². The van der Waals surface area contributed by atoms with Gasteiger partial charge in [0.2, 0.25) is 5.95 Å². The van der Waals surface area contributed by atoms with Crippen LogP contribution in [0.15, 0.2) is 18.2 Å². The van der Waals surface area contributed by atoms with E-state index in [1.165, 1.54) is 25.9 Å². The molecule has 0 atom stereocenters. The molecule has 1 aromatic heterocycles. The first-order valence-corrected chi connectivity index (χ1v) is 14.4. The Morgan fingerprint density at radius 3 is 2.46 bits per heavy atom. The van der Waals surface area contributed by atoms with Gasteiger partial charge in [-0.1, -0.05) is 26.7 Å². The Balaban J connectivity index is 1.52. The van der Waals surface area contributed by atoms with Crippen LogP contribution in [0.25, 0.3) is 11.0 Å². The second kappa shape index (κ2) is 13.7. The summed E-state index contributed by atoms with van der Waals surface area (Å²) in [6.45, 7) is 13.0. The molecule has 204 valence electrons. The highest BCUT2D eigenvalue weighted by atomic mass is 16.2. The van der Waals surface area contributed by atoms with E-state index in [1.54, 1.807) is 0 Å². The molecule has 1 aromatic carbocycles. The van der Waals surface area contributed by atoms with Gasteiger partial charge in [-0.3, -0.25) is 4.79 Å². The zero-order chi connectivity index (χ0) is 26.0. The summed E-state index contributed by atoms with van der Waals surface area (Å²) in [5.74, 6) is 0.928. The van der Waals surface area contributed by atoms with Gasteiger partial charge in [-0.25, -0.2) is 9.78 Å². The summed E-state index contributed by atoms with van der Waals surface area (Å²) in [4.78, 5) is 36.7. The van der Waals surface area contributed by atoms with Crippen LogP contribution in [0.4, 0.5) is 10.7 Å². The first-order valence-electron chi connectivity index (χ1n) is 14.4. The first-order chi connectivity index (χ1) is 18.1. The fraction of sp³-hybridized carbons (Fsp3) is 0.679. The molecule has 4 rings (SSSR count). The lowest BCUT2D eigenvalue weighted by Crippen LogP contribution is -2.33. The molecule has 9 nitrogen and oxygen atoms in total. The van der Waals surface area contributed by atoms with Crippen LogP contribution < -0.4 is 10.6 Å². The van der Waals surface area contributed by atoms with Crippen molar-refractivity contribution in [2.75, 3.05) is 64.2 Å². The highest BCUT2D eigenvalue weighted by molar-refractivity contribution is 5.97. The maximum atomic E-state index is 13.5. The number of anilines is 1. The summed E-state index contributed by atoms with van der Waals surface area (Å²) in [5.41, 5.74) is 2.63. The number of unbranched alkanes of at least 4 members (excludes halogenated alkanes) is 2. The van der Waals surface area contributed by atoms with Gasteiger partial charge in [-0.2, -0.15) is 0 Å². The molecule has 9 heteroatoms. The topological polar surface area (TPSA) is 85.7 Å². The largest absolute Gasteiger partial charge is 0.354 e. The second-order valence-corrected chi connectivity index (χ2v) is 10.3. The molecular formula is C28H45N7O2. The average molecular weight is 512 g/mol. The van der Waals surface area contributed by atoms with Gasteiger partial charge in [0.1, 0.15) is 0 Å². The predicted molar refractivity (Wildman–Crippen MR) is 149 cm³/mol. The molecule has 0 saturated carbocycles. The number of nitrogens with one attached hydrogen (secondary N) is 2. The Labute approximate surface area is 221 Å². The van der Waals surface area contributed by atoms with Gasteiger partial charge in [-0.05, 0) is 69.9 Å². The molecule has 3 heterocycles. The van der Waals surface area contributed by atoms with E-state index >= 15 is 0 Å². The maximum absolute atomic E-state index is 13.5. The van der Waals surface area contributed by atoms with Crippen LogP contribution in [0.1, 0.15) is 69.2 Å². The van der Waals surface area contributed by atoms with E-state index in [0.29, 0.717) is 19.6 Å². The Morgan fingerprint density at radius 2 is 1.78 bits per heavy atom. The average Bonchev–Trinajstić information content (AvgIpc) is 3.65. The van der Waals surface area contributed by atoms with Crippen LogP contribution in [-0.2, 0) is 6.54 Å².